The van der Waals surface area contributed by atoms with Crippen LogP contribution in [-0.2, 0) is 17.9 Å². The lowest BCUT2D eigenvalue weighted by Gasteiger charge is -2.31. The van der Waals surface area contributed by atoms with Gasteiger partial charge in [-0.15, -0.1) is 0 Å². The number of piperidine rings is 1. The molecule has 0 bridgehead atoms. The van der Waals surface area contributed by atoms with Crippen molar-refractivity contribution in [2.75, 3.05) is 13.1 Å². The van der Waals surface area contributed by atoms with Crippen LogP contribution in [0, 0.1) is 5.92 Å². The lowest BCUT2D eigenvalue weighted by molar-refractivity contribution is -0.135. The van der Waals surface area contributed by atoms with Crippen molar-refractivity contribution in [3.05, 3.63) is 60.1 Å². The van der Waals surface area contributed by atoms with E-state index in [-0.39, 0.29) is 17.9 Å². The highest BCUT2D eigenvalue weighted by molar-refractivity contribution is 5.82. The third kappa shape index (κ3) is 3.61. The second-order valence-corrected chi connectivity index (χ2v) is 6.79. The van der Waals surface area contributed by atoms with Gasteiger partial charge in [-0.3, -0.25) is 10.2 Å². The van der Waals surface area contributed by atoms with Crippen LogP contribution in [0.4, 0.5) is 0 Å². The summed E-state index contributed by atoms with van der Waals surface area (Å²) in [5.74, 6) is 1.19. The lowest BCUT2D eigenvalue weighted by Crippen LogP contribution is -2.50. The van der Waals surface area contributed by atoms with E-state index in [2.05, 4.69) is 16.2 Å². The molecule has 2 aliphatic rings. The van der Waals surface area contributed by atoms with E-state index in [1.807, 2.05) is 47.4 Å². The fourth-order valence-corrected chi connectivity index (χ4v) is 3.76. The van der Waals surface area contributed by atoms with Crippen LogP contribution < -0.4 is 16.2 Å². The second-order valence-electron chi connectivity index (χ2n) is 6.79. The van der Waals surface area contributed by atoms with E-state index in [1.54, 1.807) is 6.26 Å². The highest BCUT2D eigenvalue weighted by Crippen LogP contribution is 2.23. The van der Waals surface area contributed by atoms with Gasteiger partial charge in [0.1, 0.15) is 11.8 Å². The molecule has 1 amide bonds. The number of amides is 1. The van der Waals surface area contributed by atoms with Crippen LogP contribution in [0.25, 0.3) is 0 Å². The predicted molar refractivity (Wildman–Crippen MR) is 94.2 cm³/mol. The molecular formula is C19H24N4O2. The number of hydrazine groups is 1. The minimum atomic E-state index is -0.212. The number of carbonyl (C=O) groups is 1. The molecule has 3 heterocycles. The van der Waals surface area contributed by atoms with Crippen LogP contribution in [0.15, 0.2) is 53.1 Å². The Balaban J connectivity index is 1.53. The smallest absolute Gasteiger partial charge is 0.242 e. The molecule has 4 rings (SSSR count). The van der Waals surface area contributed by atoms with Gasteiger partial charge in [-0.25, -0.2) is 5.43 Å². The maximum absolute atomic E-state index is 13.3. The molecule has 3 atom stereocenters. The Morgan fingerprint density at radius 3 is 2.80 bits per heavy atom. The maximum Gasteiger partial charge on any atom is 0.242 e. The number of fused-ring (bicyclic) bond motifs is 1. The van der Waals surface area contributed by atoms with Crippen LogP contribution in [0.1, 0.15) is 17.7 Å². The molecule has 132 valence electrons. The minimum absolute atomic E-state index is 0.115. The molecule has 2 fully saturated rings. The molecule has 0 spiro atoms. The molecule has 2 aliphatic heterocycles. The monoisotopic (exact) mass is 340 g/mol. The first-order chi connectivity index (χ1) is 12.3. The number of nitrogens with zero attached hydrogens (tertiary/aromatic N) is 1. The topological polar surface area (TPSA) is 69.5 Å². The van der Waals surface area contributed by atoms with Gasteiger partial charge in [0.15, 0.2) is 0 Å². The summed E-state index contributed by atoms with van der Waals surface area (Å²) in [4.78, 5) is 15.2. The van der Waals surface area contributed by atoms with Crippen molar-refractivity contribution in [1.29, 1.82) is 0 Å². The number of furan rings is 1. The molecule has 0 radical (unpaired) electrons. The zero-order chi connectivity index (χ0) is 17.1. The van der Waals surface area contributed by atoms with Gasteiger partial charge in [-0.05, 0) is 30.7 Å². The van der Waals surface area contributed by atoms with E-state index in [0.29, 0.717) is 19.1 Å². The third-order valence-corrected chi connectivity index (χ3v) is 5.10. The lowest BCUT2D eigenvalue weighted by atomic mass is 9.88. The average molecular weight is 340 g/mol. The summed E-state index contributed by atoms with van der Waals surface area (Å²) in [6.45, 7) is 2.91. The van der Waals surface area contributed by atoms with Gasteiger partial charge < -0.3 is 14.6 Å². The minimum Gasteiger partial charge on any atom is -0.467 e. The molecule has 1 aromatic heterocycles. The van der Waals surface area contributed by atoms with Crippen molar-refractivity contribution in [2.24, 2.45) is 5.92 Å². The maximum atomic E-state index is 13.3. The van der Waals surface area contributed by atoms with E-state index < -0.39 is 0 Å². The summed E-state index contributed by atoms with van der Waals surface area (Å²) in [6.07, 6.45) is 2.69. The number of carbonyl (C=O) groups excluding carboxylic acids is 1. The molecular weight excluding hydrogens is 316 g/mol. The summed E-state index contributed by atoms with van der Waals surface area (Å²) in [5.41, 5.74) is 7.66. The van der Waals surface area contributed by atoms with Crippen molar-refractivity contribution < 1.29 is 9.21 Å². The molecule has 0 aliphatic carbocycles. The fourth-order valence-electron chi connectivity index (χ4n) is 3.76. The zero-order valence-corrected chi connectivity index (χ0v) is 14.2. The largest absolute Gasteiger partial charge is 0.467 e. The van der Waals surface area contributed by atoms with Crippen LogP contribution in [0.3, 0.4) is 0 Å². The quantitative estimate of drug-likeness (QED) is 0.765. The number of benzene rings is 1. The van der Waals surface area contributed by atoms with Gasteiger partial charge in [0, 0.05) is 25.0 Å². The molecule has 2 aromatic rings. The van der Waals surface area contributed by atoms with Crippen molar-refractivity contribution in [2.45, 2.75) is 31.6 Å². The normalized spacial score (nSPS) is 25.5. The Labute approximate surface area is 147 Å². The molecule has 2 saturated heterocycles. The van der Waals surface area contributed by atoms with E-state index in [1.165, 1.54) is 0 Å². The molecule has 25 heavy (non-hydrogen) atoms. The van der Waals surface area contributed by atoms with E-state index in [4.69, 9.17) is 4.42 Å². The first-order valence-electron chi connectivity index (χ1n) is 8.88. The highest BCUT2D eigenvalue weighted by Gasteiger charge is 2.42. The van der Waals surface area contributed by atoms with E-state index in [9.17, 15) is 4.79 Å². The Bertz CT molecular complexity index is 689. The Hall–Kier alpha value is -2.15. The van der Waals surface area contributed by atoms with Gasteiger partial charge >= 0.3 is 0 Å². The van der Waals surface area contributed by atoms with Gasteiger partial charge in [0.05, 0.1) is 12.8 Å². The second kappa shape index (κ2) is 7.39. The number of hydrogen-bond donors (Lipinski definition) is 3. The van der Waals surface area contributed by atoms with Gasteiger partial charge in [0.2, 0.25) is 5.91 Å². The standard InChI is InChI=1S/C19H24N4O2/c24-19(18-16-11-20-9-8-17(16)21-22-18)23(13-15-7-4-10-25-15)12-14-5-2-1-3-6-14/h1-7,10,16-18,20-22H,8-9,11-13H2. The van der Waals surface area contributed by atoms with Crippen molar-refractivity contribution in [1.82, 2.24) is 21.1 Å². The summed E-state index contributed by atoms with van der Waals surface area (Å²) in [5, 5.41) is 3.41. The van der Waals surface area contributed by atoms with E-state index >= 15 is 0 Å². The first-order valence-corrected chi connectivity index (χ1v) is 8.88. The van der Waals surface area contributed by atoms with Crippen molar-refractivity contribution in [3.8, 4) is 0 Å². The van der Waals surface area contributed by atoms with Gasteiger partial charge in [0.25, 0.3) is 0 Å². The van der Waals surface area contributed by atoms with Crippen molar-refractivity contribution >= 4 is 5.91 Å². The van der Waals surface area contributed by atoms with Gasteiger partial charge in [-0.1, -0.05) is 30.3 Å². The Morgan fingerprint density at radius 1 is 1.12 bits per heavy atom. The summed E-state index contributed by atoms with van der Waals surface area (Å²) >= 11 is 0. The Morgan fingerprint density at radius 2 is 2.00 bits per heavy atom. The molecule has 1 aromatic carbocycles. The molecule has 6 heteroatoms. The van der Waals surface area contributed by atoms with Gasteiger partial charge in [-0.2, -0.15) is 0 Å². The number of nitrogens with one attached hydrogen (secondary N) is 3. The Kier molecular flexibility index (Phi) is 4.83. The SMILES string of the molecule is O=C(C1NNC2CCNCC21)N(Cc1ccccc1)Cc1ccco1. The van der Waals surface area contributed by atoms with Crippen LogP contribution in [-0.4, -0.2) is 36.0 Å². The average Bonchev–Trinajstić information content (AvgIpc) is 3.31. The summed E-state index contributed by atoms with van der Waals surface area (Å²) < 4.78 is 5.48. The summed E-state index contributed by atoms with van der Waals surface area (Å²) in [6, 6.07) is 14.0. The van der Waals surface area contributed by atoms with Crippen LogP contribution in [0.2, 0.25) is 0 Å². The molecule has 6 nitrogen and oxygen atoms in total. The zero-order valence-electron chi connectivity index (χ0n) is 14.2. The predicted octanol–water partition coefficient (Wildman–Crippen LogP) is 1.26. The number of hydrogen-bond acceptors (Lipinski definition) is 5. The third-order valence-electron chi connectivity index (χ3n) is 5.10. The fraction of sp³-hybridized carbons (Fsp3) is 0.421. The van der Waals surface area contributed by atoms with E-state index in [0.717, 1.165) is 30.8 Å². The summed E-state index contributed by atoms with van der Waals surface area (Å²) in [7, 11) is 0. The first kappa shape index (κ1) is 16.3. The van der Waals surface area contributed by atoms with Crippen LogP contribution in [0.5, 0.6) is 0 Å². The number of rotatable bonds is 5. The molecule has 0 saturated carbocycles. The van der Waals surface area contributed by atoms with Crippen LogP contribution >= 0.6 is 0 Å². The molecule has 3 N–H and O–H groups in total. The molecule has 3 unspecified atom stereocenters. The van der Waals surface area contributed by atoms with Crippen molar-refractivity contribution in [3.63, 3.8) is 0 Å². The highest BCUT2D eigenvalue weighted by atomic mass is 16.3.